The van der Waals surface area contributed by atoms with Crippen molar-refractivity contribution in [2.75, 3.05) is 26.2 Å². The molecular weight excluding hydrogens is 260 g/mol. The molecule has 0 spiro atoms. The van der Waals surface area contributed by atoms with Gasteiger partial charge in [-0.25, -0.2) is 0 Å². The van der Waals surface area contributed by atoms with Crippen molar-refractivity contribution in [3.63, 3.8) is 0 Å². The van der Waals surface area contributed by atoms with E-state index >= 15 is 0 Å². The highest BCUT2D eigenvalue weighted by Gasteiger charge is 2.19. The van der Waals surface area contributed by atoms with Crippen molar-refractivity contribution in [3.8, 4) is 0 Å². The molecule has 0 saturated heterocycles. The summed E-state index contributed by atoms with van der Waals surface area (Å²) in [6.07, 6.45) is 14.5. The lowest BCUT2D eigenvalue weighted by Gasteiger charge is -2.35. The number of unbranched alkanes of at least 4 members (excludes halogenated alkanes) is 9. The largest absolute Gasteiger partial charge is 0.412 e. The molecular formula is C18H45N2O+. The average Bonchev–Trinajstić information content (AvgIpc) is 2.46. The lowest BCUT2D eigenvalue weighted by atomic mass is 10.1. The monoisotopic (exact) mass is 305 g/mol. The van der Waals surface area contributed by atoms with Crippen molar-refractivity contribution in [1.29, 1.82) is 0 Å². The molecule has 0 fully saturated rings. The quantitative estimate of drug-likeness (QED) is 0.351. The number of rotatable bonds is 14. The van der Waals surface area contributed by atoms with E-state index in [0.29, 0.717) is 0 Å². The van der Waals surface area contributed by atoms with Crippen LogP contribution in [0.2, 0.25) is 0 Å². The second-order valence-electron chi connectivity index (χ2n) is 6.20. The van der Waals surface area contributed by atoms with Crippen molar-refractivity contribution < 1.29 is 9.96 Å². The van der Waals surface area contributed by atoms with Crippen LogP contribution in [0.5, 0.6) is 0 Å². The Balaban J connectivity index is -0.00000162. The Hall–Kier alpha value is -0.120. The van der Waals surface area contributed by atoms with Gasteiger partial charge in [0.2, 0.25) is 0 Å². The molecule has 0 aromatic carbocycles. The van der Waals surface area contributed by atoms with Crippen molar-refractivity contribution in [2.24, 2.45) is 0 Å². The average molecular weight is 306 g/mol. The Kier molecular flexibility index (Phi) is 22.0. The second-order valence-corrected chi connectivity index (χ2v) is 6.20. The maximum atomic E-state index is 2.35. The highest BCUT2D eigenvalue weighted by molar-refractivity contribution is 4.48. The normalized spacial score (nSPS) is 10.9. The van der Waals surface area contributed by atoms with Crippen LogP contribution in [-0.2, 0) is 0 Å². The Labute approximate surface area is 135 Å². The summed E-state index contributed by atoms with van der Waals surface area (Å²) in [4.78, 5) is 0. The van der Waals surface area contributed by atoms with Crippen LogP contribution in [0, 0.1) is 0 Å². The lowest BCUT2D eigenvalue weighted by molar-refractivity contribution is -0.923. The first-order chi connectivity index (χ1) is 9.24. The summed E-state index contributed by atoms with van der Waals surface area (Å²) in [5.41, 5.74) is 0. The highest BCUT2D eigenvalue weighted by Crippen LogP contribution is 2.13. The maximum absolute atomic E-state index is 2.35. The molecule has 0 bridgehead atoms. The van der Waals surface area contributed by atoms with E-state index in [1.807, 2.05) is 0 Å². The van der Waals surface area contributed by atoms with Crippen LogP contribution >= 0.6 is 0 Å². The molecule has 0 aliphatic heterocycles. The van der Waals surface area contributed by atoms with E-state index in [2.05, 4.69) is 27.7 Å². The first kappa shape index (κ1) is 25.8. The molecule has 0 rings (SSSR count). The van der Waals surface area contributed by atoms with Gasteiger partial charge in [0.15, 0.2) is 0 Å². The molecule has 0 aliphatic rings. The third kappa shape index (κ3) is 13.3. The third-order valence-corrected chi connectivity index (χ3v) is 5.00. The van der Waals surface area contributed by atoms with E-state index < -0.39 is 0 Å². The molecule has 3 heteroatoms. The summed E-state index contributed by atoms with van der Waals surface area (Å²) < 4.78 is 1.33. The summed E-state index contributed by atoms with van der Waals surface area (Å²) in [6.45, 7) is 14.7. The fraction of sp³-hybridized carbons (Fsp3) is 1.00. The van der Waals surface area contributed by atoms with Crippen molar-refractivity contribution in [3.05, 3.63) is 0 Å². The van der Waals surface area contributed by atoms with Gasteiger partial charge in [-0.1, -0.05) is 58.3 Å². The molecule has 0 aromatic heterocycles. The van der Waals surface area contributed by atoms with E-state index in [4.69, 9.17) is 0 Å². The van der Waals surface area contributed by atoms with Gasteiger partial charge in [0.25, 0.3) is 0 Å². The zero-order valence-corrected chi connectivity index (χ0v) is 15.6. The van der Waals surface area contributed by atoms with Crippen molar-refractivity contribution in [2.45, 2.75) is 91.9 Å². The number of hydrogen-bond donors (Lipinski definition) is 1. The van der Waals surface area contributed by atoms with Crippen molar-refractivity contribution >= 4 is 0 Å². The molecule has 0 atom stereocenters. The number of hydrogen-bond acceptors (Lipinski definition) is 1. The smallest absolute Gasteiger partial charge is 0.0786 e. The molecule has 21 heavy (non-hydrogen) atoms. The Morgan fingerprint density at radius 3 is 1.19 bits per heavy atom. The van der Waals surface area contributed by atoms with Crippen LogP contribution in [0.4, 0.5) is 0 Å². The number of nitrogens with zero attached hydrogens (tertiary/aromatic N) is 1. The number of quaternary nitrogens is 1. The van der Waals surface area contributed by atoms with Gasteiger partial charge in [0.05, 0.1) is 26.2 Å². The molecule has 0 heterocycles. The van der Waals surface area contributed by atoms with E-state index in [9.17, 15) is 0 Å². The minimum Gasteiger partial charge on any atom is -0.412 e. The summed E-state index contributed by atoms with van der Waals surface area (Å²) in [5, 5.41) is 0. The Bertz CT molecular complexity index is 174. The minimum absolute atomic E-state index is 0. The van der Waals surface area contributed by atoms with E-state index in [-0.39, 0.29) is 11.6 Å². The zero-order chi connectivity index (χ0) is 14.4. The van der Waals surface area contributed by atoms with Gasteiger partial charge in [0.1, 0.15) is 0 Å². The highest BCUT2D eigenvalue weighted by atomic mass is 16.0. The molecule has 0 aromatic rings. The van der Waals surface area contributed by atoms with Gasteiger partial charge in [-0.2, -0.15) is 0 Å². The summed E-state index contributed by atoms with van der Waals surface area (Å²) in [5.74, 6) is 0. The molecule has 5 N–H and O–H groups in total. The van der Waals surface area contributed by atoms with Crippen LogP contribution in [-0.4, -0.2) is 36.1 Å². The molecule has 3 nitrogen and oxygen atoms in total. The minimum atomic E-state index is 0. The summed E-state index contributed by atoms with van der Waals surface area (Å²) in [6, 6.07) is 0. The predicted molar refractivity (Wildman–Crippen MR) is 97.2 cm³/mol. The van der Waals surface area contributed by atoms with E-state index in [0.717, 1.165) is 0 Å². The van der Waals surface area contributed by atoms with Crippen LogP contribution in [0.1, 0.15) is 91.9 Å². The molecule has 0 aliphatic carbocycles. The third-order valence-electron chi connectivity index (χ3n) is 5.00. The zero-order valence-electron chi connectivity index (χ0n) is 15.6. The molecule has 0 amide bonds. The standard InChI is InChI=1S/C18H40N.H3N.H2O/c1-5-9-10-11-12-13-14-15-16-17-18-19(6-2,7-3)8-4;;/h5-18H2,1-4H3;1H3;1H2/q+1;;. The lowest BCUT2D eigenvalue weighted by Crippen LogP contribution is -2.48. The van der Waals surface area contributed by atoms with E-state index in [1.165, 1.54) is 94.9 Å². The van der Waals surface area contributed by atoms with Gasteiger partial charge in [-0.3, -0.25) is 0 Å². The first-order valence-corrected chi connectivity index (χ1v) is 9.09. The molecule has 0 radical (unpaired) electrons. The molecule has 132 valence electrons. The van der Waals surface area contributed by atoms with Gasteiger partial charge in [0, 0.05) is 0 Å². The molecule has 0 saturated carbocycles. The van der Waals surface area contributed by atoms with Crippen LogP contribution < -0.4 is 6.15 Å². The second kappa shape index (κ2) is 17.9. The Morgan fingerprint density at radius 1 is 0.524 bits per heavy atom. The fourth-order valence-corrected chi connectivity index (χ4v) is 3.08. The van der Waals surface area contributed by atoms with Gasteiger partial charge < -0.3 is 16.1 Å². The summed E-state index contributed by atoms with van der Waals surface area (Å²) in [7, 11) is 0. The fourth-order valence-electron chi connectivity index (χ4n) is 3.08. The SMILES string of the molecule is CCCCCCCCCCCC[N+](CC)(CC)CC.N.O. The van der Waals surface area contributed by atoms with Gasteiger partial charge in [-0.05, 0) is 33.6 Å². The van der Waals surface area contributed by atoms with Gasteiger partial charge in [-0.15, -0.1) is 0 Å². The van der Waals surface area contributed by atoms with Gasteiger partial charge >= 0.3 is 0 Å². The predicted octanol–water partition coefficient (Wildman–Crippen LogP) is 5.12. The molecule has 0 unspecified atom stereocenters. The first-order valence-electron chi connectivity index (χ1n) is 9.09. The van der Waals surface area contributed by atoms with Crippen LogP contribution in [0.3, 0.4) is 0 Å². The topological polar surface area (TPSA) is 66.5 Å². The summed E-state index contributed by atoms with van der Waals surface area (Å²) >= 11 is 0. The van der Waals surface area contributed by atoms with Crippen LogP contribution in [0.15, 0.2) is 0 Å². The maximum Gasteiger partial charge on any atom is 0.0786 e. The van der Waals surface area contributed by atoms with Crippen LogP contribution in [0.25, 0.3) is 0 Å². The van der Waals surface area contributed by atoms with E-state index in [1.54, 1.807) is 0 Å². The Morgan fingerprint density at radius 2 is 0.857 bits per heavy atom. The van der Waals surface area contributed by atoms with Crippen molar-refractivity contribution in [1.82, 2.24) is 6.15 Å².